The van der Waals surface area contributed by atoms with Gasteiger partial charge in [-0.05, 0) is 23.9 Å². The van der Waals surface area contributed by atoms with Crippen molar-refractivity contribution < 1.29 is 9.45 Å². The molecule has 0 saturated carbocycles. The van der Waals surface area contributed by atoms with E-state index in [2.05, 4.69) is 5.16 Å². The van der Waals surface area contributed by atoms with Crippen molar-refractivity contribution in [3.63, 3.8) is 0 Å². The van der Waals surface area contributed by atoms with Crippen LogP contribution in [0, 0.1) is 17.0 Å². The molecule has 0 aliphatic rings. The van der Waals surface area contributed by atoms with Gasteiger partial charge < -0.3 is 10.3 Å². The summed E-state index contributed by atoms with van der Waals surface area (Å²) in [5.74, 6) is 0.157. The van der Waals surface area contributed by atoms with Crippen molar-refractivity contribution in [1.82, 2.24) is 5.16 Å². The number of nitro groups is 1. The molecule has 0 bridgehead atoms. The minimum Gasteiger partial charge on any atom is -0.367 e. The third kappa shape index (κ3) is 2.17. The number of hydrogen-bond donors (Lipinski definition) is 1. The first-order chi connectivity index (χ1) is 10.1. The van der Waals surface area contributed by atoms with Gasteiger partial charge in [0.25, 0.3) is 5.69 Å². The number of nitrogens with two attached hydrogens (primary N) is 1. The van der Waals surface area contributed by atoms with Crippen molar-refractivity contribution in [2.24, 2.45) is 0 Å². The van der Waals surface area contributed by atoms with Crippen LogP contribution in [-0.2, 0) is 0 Å². The summed E-state index contributed by atoms with van der Waals surface area (Å²) in [6.07, 6.45) is 0. The summed E-state index contributed by atoms with van der Waals surface area (Å²) in [7, 11) is 0. The molecule has 3 aromatic rings. The molecule has 0 fully saturated rings. The second kappa shape index (κ2) is 5.02. The van der Waals surface area contributed by atoms with Crippen LogP contribution in [0.3, 0.4) is 0 Å². The van der Waals surface area contributed by atoms with Crippen LogP contribution in [-0.4, -0.2) is 10.1 Å². The fourth-order valence-electron chi connectivity index (χ4n) is 2.24. The first kappa shape index (κ1) is 13.3. The number of anilines is 1. The summed E-state index contributed by atoms with van der Waals surface area (Å²) < 4.78 is 5.08. The average molecular weight is 301 g/mol. The first-order valence-corrected chi connectivity index (χ1v) is 7.01. The van der Waals surface area contributed by atoms with E-state index in [0.29, 0.717) is 16.8 Å². The summed E-state index contributed by atoms with van der Waals surface area (Å²) in [5.41, 5.74) is 8.03. The van der Waals surface area contributed by atoms with Crippen LogP contribution in [0.25, 0.3) is 21.7 Å². The second-order valence-electron chi connectivity index (χ2n) is 4.47. The second-order valence-corrected chi connectivity index (χ2v) is 5.42. The summed E-state index contributed by atoms with van der Waals surface area (Å²) in [6, 6.07) is 8.64. The fourth-order valence-corrected chi connectivity index (χ4v) is 3.02. The summed E-state index contributed by atoms with van der Waals surface area (Å²) in [4.78, 5) is 11.7. The smallest absolute Gasteiger partial charge is 0.279 e. The Labute approximate surface area is 124 Å². The van der Waals surface area contributed by atoms with Crippen LogP contribution >= 0.6 is 11.3 Å². The molecular weight excluding hydrogens is 290 g/mol. The SMILES string of the molecule is Cc1cccc([N+](=O)[O-])c1-c1noc(N)c1-c1cccs1. The zero-order valence-corrected chi connectivity index (χ0v) is 11.9. The van der Waals surface area contributed by atoms with Crippen molar-refractivity contribution in [2.75, 3.05) is 5.73 Å². The van der Waals surface area contributed by atoms with Gasteiger partial charge in [-0.3, -0.25) is 10.1 Å². The zero-order valence-electron chi connectivity index (χ0n) is 11.1. The molecule has 2 heterocycles. The lowest BCUT2D eigenvalue weighted by Gasteiger charge is -2.05. The summed E-state index contributed by atoms with van der Waals surface area (Å²) in [6.45, 7) is 1.80. The van der Waals surface area contributed by atoms with Crippen LogP contribution in [0.4, 0.5) is 11.6 Å². The maximum Gasteiger partial charge on any atom is 0.279 e. The van der Waals surface area contributed by atoms with Crippen molar-refractivity contribution in [1.29, 1.82) is 0 Å². The van der Waals surface area contributed by atoms with Gasteiger partial charge in [-0.1, -0.05) is 23.4 Å². The van der Waals surface area contributed by atoms with Gasteiger partial charge in [-0.25, -0.2) is 0 Å². The van der Waals surface area contributed by atoms with Crippen LogP contribution < -0.4 is 5.73 Å². The Bertz CT molecular complexity index is 809. The van der Waals surface area contributed by atoms with E-state index in [1.807, 2.05) is 17.5 Å². The Hall–Kier alpha value is -2.67. The number of aryl methyl sites for hydroxylation is 1. The fraction of sp³-hybridized carbons (Fsp3) is 0.0714. The number of aromatic nitrogens is 1. The average Bonchev–Trinajstić information content (AvgIpc) is 3.07. The molecule has 0 saturated heterocycles. The summed E-state index contributed by atoms with van der Waals surface area (Å²) >= 11 is 1.47. The van der Waals surface area contributed by atoms with Gasteiger partial charge in [0.2, 0.25) is 5.88 Å². The number of rotatable bonds is 3. The quantitative estimate of drug-likeness (QED) is 0.585. The number of hydrogen-bond acceptors (Lipinski definition) is 6. The largest absolute Gasteiger partial charge is 0.367 e. The topological polar surface area (TPSA) is 95.2 Å². The Morgan fingerprint density at radius 3 is 2.76 bits per heavy atom. The molecule has 2 aromatic heterocycles. The minimum absolute atomic E-state index is 0.0129. The monoisotopic (exact) mass is 301 g/mol. The number of thiophene rings is 1. The van der Waals surface area contributed by atoms with Crippen LogP contribution in [0.1, 0.15) is 5.56 Å². The summed E-state index contributed by atoms with van der Waals surface area (Å²) in [5, 5.41) is 17.1. The molecule has 106 valence electrons. The van der Waals surface area contributed by atoms with E-state index >= 15 is 0 Å². The predicted molar refractivity (Wildman–Crippen MR) is 81.1 cm³/mol. The van der Waals surface area contributed by atoms with Crippen molar-refractivity contribution in [2.45, 2.75) is 6.92 Å². The number of benzene rings is 1. The Morgan fingerprint density at radius 2 is 2.10 bits per heavy atom. The lowest BCUT2D eigenvalue weighted by molar-refractivity contribution is -0.384. The molecule has 2 N–H and O–H groups in total. The molecule has 0 radical (unpaired) electrons. The Morgan fingerprint density at radius 1 is 1.29 bits per heavy atom. The van der Waals surface area contributed by atoms with E-state index in [-0.39, 0.29) is 11.6 Å². The van der Waals surface area contributed by atoms with Gasteiger partial charge in [0.05, 0.1) is 16.1 Å². The maximum atomic E-state index is 11.3. The maximum absolute atomic E-state index is 11.3. The molecule has 0 aliphatic heterocycles. The molecule has 1 aromatic carbocycles. The van der Waals surface area contributed by atoms with E-state index in [1.54, 1.807) is 19.1 Å². The number of nitrogens with zero attached hydrogens (tertiary/aromatic N) is 2. The Balaban J connectivity index is 2.31. The van der Waals surface area contributed by atoms with Crippen LogP contribution in [0.15, 0.2) is 40.2 Å². The van der Waals surface area contributed by atoms with Crippen LogP contribution in [0.5, 0.6) is 0 Å². The van der Waals surface area contributed by atoms with Gasteiger partial charge in [0.1, 0.15) is 5.69 Å². The Kier molecular flexibility index (Phi) is 3.19. The molecule has 0 unspecified atom stereocenters. The van der Waals surface area contributed by atoms with Gasteiger partial charge in [0.15, 0.2) is 0 Å². The van der Waals surface area contributed by atoms with E-state index < -0.39 is 4.92 Å². The van der Waals surface area contributed by atoms with E-state index in [0.717, 1.165) is 10.4 Å². The molecule has 6 nitrogen and oxygen atoms in total. The molecule has 0 aliphatic carbocycles. The molecule has 21 heavy (non-hydrogen) atoms. The molecule has 0 spiro atoms. The van der Waals surface area contributed by atoms with Crippen molar-refractivity contribution >= 4 is 22.9 Å². The van der Waals surface area contributed by atoms with Gasteiger partial charge in [-0.15, -0.1) is 11.3 Å². The molecular formula is C14H11N3O3S. The number of nitro benzene ring substituents is 1. The molecule has 0 amide bonds. The zero-order chi connectivity index (χ0) is 15.0. The minimum atomic E-state index is -0.425. The van der Waals surface area contributed by atoms with Crippen LogP contribution in [0.2, 0.25) is 0 Å². The predicted octanol–water partition coefficient (Wildman–Crippen LogP) is 3.87. The standard InChI is InChI=1S/C14H11N3O3S/c1-8-4-2-5-9(17(18)19)11(8)13-12(14(15)20-16-13)10-6-3-7-21-10/h2-7H,15H2,1H3. The van der Waals surface area contributed by atoms with E-state index in [9.17, 15) is 10.1 Å². The highest BCUT2D eigenvalue weighted by Gasteiger charge is 2.26. The lowest BCUT2D eigenvalue weighted by atomic mass is 9.99. The highest BCUT2D eigenvalue weighted by molar-refractivity contribution is 7.13. The number of nitrogen functional groups attached to an aromatic ring is 1. The van der Waals surface area contributed by atoms with Gasteiger partial charge >= 0.3 is 0 Å². The highest BCUT2D eigenvalue weighted by Crippen LogP contribution is 2.42. The molecule has 0 atom stereocenters. The molecule has 3 rings (SSSR count). The van der Waals surface area contributed by atoms with E-state index in [4.69, 9.17) is 10.3 Å². The van der Waals surface area contributed by atoms with Crippen molar-refractivity contribution in [3.8, 4) is 21.7 Å². The van der Waals surface area contributed by atoms with E-state index in [1.165, 1.54) is 17.4 Å². The first-order valence-electron chi connectivity index (χ1n) is 6.13. The lowest BCUT2D eigenvalue weighted by Crippen LogP contribution is -1.95. The third-order valence-electron chi connectivity index (χ3n) is 3.17. The normalized spacial score (nSPS) is 10.7. The van der Waals surface area contributed by atoms with Gasteiger partial charge in [-0.2, -0.15) is 0 Å². The van der Waals surface area contributed by atoms with Gasteiger partial charge in [0, 0.05) is 10.9 Å². The highest BCUT2D eigenvalue weighted by atomic mass is 32.1. The third-order valence-corrected chi connectivity index (χ3v) is 4.06. The van der Waals surface area contributed by atoms with Crippen molar-refractivity contribution in [3.05, 3.63) is 51.4 Å². The molecule has 7 heteroatoms.